The quantitative estimate of drug-likeness (QED) is 0.588. The molecule has 1 unspecified atom stereocenters. The van der Waals surface area contributed by atoms with Gasteiger partial charge in [0, 0.05) is 28.6 Å². The van der Waals surface area contributed by atoms with Crippen LogP contribution in [0.4, 0.5) is 5.13 Å². The Kier molecular flexibility index (Phi) is 6.61. The number of thiazole rings is 1. The van der Waals surface area contributed by atoms with Gasteiger partial charge >= 0.3 is 0 Å². The summed E-state index contributed by atoms with van der Waals surface area (Å²) in [6.45, 7) is 4.26. The Morgan fingerprint density at radius 1 is 1.22 bits per heavy atom. The molecule has 1 heterocycles. The molecule has 2 N–H and O–H groups in total. The minimum atomic E-state index is -0.120. The molecule has 0 saturated heterocycles. The van der Waals surface area contributed by atoms with Gasteiger partial charge in [0.25, 0.3) is 0 Å². The van der Waals surface area contributed by atoms with E-state index < -0.39 is 0 Å². The van der Waals surface area contributed by atoms with Crippen LogP contribution in [0.3, 0.4) is 0 Å². The van der Waals surface area contributed by atoms with Gasteiger partial charge in [-0.05, 0) is 31.0 Å². The predicted molar refractivity (Wildman–Crippen MR) is 113 cm³/mol. The van der Waals surface area contributed by atoms with Crippen LogP contribution in [-0.4, -0.2) is 17.4 Å². The second-order valence-electron chi connectivity index (χ2n) is 6.47. The Bertz CT molecular complexity index is 925. The molecule has 2 aromatic carbocycles. The molecule has 0 saturated carbocycles. The summed E-state index contributed by atoms with van der Waals surface area (Å²) in [4.78, 5) is 17.6. The fraction of sp³-hybridized carbons (Fsp3) is 0.238. The number of carbonyl (C=O) groups excluding carboxylic acids is 1. The molecule has 4 nitrogen and oxygen atoms in total. The Hall–Kier alpha value is -2.21. The molecule has 1 amide bonds. The molecule has 0 spiro atoms. The van der Waals surface area contributed by atoms with Crippen molar-refractivity contribution < 1.29 is 4.79 Å². The molecule has 0 aliphatic heterocycles. The van der Waals surface area contributed by atoms with Crippen molar-refractivity contribution in [3.05, 3.63) is 81.3 Å². The number of nitrogens with zero attached hydrogens (tertiary/aromatic N) is 1. The van der Waals surface area contributed by atoms with E-state index in [1.165, 1.54) is 22.5 Å². The highest BCUT2D eigenvalue weighted by atomic mass is 35.5. The topological polar surface area (TPSA) is 54.0 Å². The lowest BCUT2D eigenvalue weighted by Gasteiger charge is -2.15. The third-order valence-electron chi connectivity index (χ3n) is 4.20. The van der Waals surface area contributed by atoms with Crippen LogP contribution in [0.5, 0.6) is 0 Å². The molecule has 1 aromatic heterocycles. The summed E-state index contributed by atoms with van der Waals surface area (Å²) in [5.74, 6) is -0.120. The number of aryl methyl sites for hydroxylation is 1. The SMILES string of the molecule is Cc1cccc(Cc2cnc(NC(=O)CNC(C)c3ccccc3Cl)s2)c1. The lowest BCUT2D eigenvalue weighted by atomic mass is 10.1. The number of anilines is 1. The van der Waals surface area contributed by atoms with Crippen LogP contribution in [0, 0.1) is 6.92 Å². The molecule has 0 bridgehead atoms. The highest BCUT2D eigenvalue weighted by Crippen LogP contribution is 2.23. The minimum Gasteiger partial charge on any atom is -0.302 e. The van der Waals surface area contributed by atoms with Crippen molar-refractivity contribution in [2.45, 2.75) is 26.3 Å². The second kappa shape index (κ2) is 9.13. The van der Waals surface area contributed by atoms with Crippen molar-refractivity contribution in [3.8, 4) is 0 Å². The fourth-order valence-electron chi connectivity index (χ4n) is 2.82. The smallest absolute Gasteiger partial charge is 0.240 e. The van der Waals surface area contributed by atoms with Gasteiger partial charge in [-0.2, -0.15) is 0 Å². The summed E-state index contributed by atoms with van der Waals surface area (Å²) in [6, 6.07) is 16.0. The van der Waals surface area contributed by atoms with Gasteiger partial charge in [0.1, 0.15) is 0 Å². The maximum atomic E-state index is 12.2. The predicted octanol–water partition coefficient (Wildman–Crippen LogP) is 4.99. The number of aromatic nitrogens is 1. The van der Waals surface area contributed by atoms with E-state index in [0.717, 1.165) is 16.9 Å². The standard InChI is InChI=1S/C21H22ClN3OS/c1-14-6-5-7-16(10-14)11-17-12-24-21(27-17)25-20(26)13-23-15(2)18-8-3-4-9-19(18)22/h3-10,12,15,23H,11,13H2,1-2H3,(H,24,25,26). The summed E-state index contributed by atoms with van der Waals surface area (Å²) in [6.07, 6.45) is 2.64. The van der Waals surface area contributed by atoms with Gasteiger partial charge in [0.05, 0.1) is 6.54 Å². The number of carbonyl (C=O) groups is 1. The van der Waals surface area contributed by atoms with Gasteiger partial charge in [0.15, 0.2) is 5.13 Å². The van der Waals surface area contributed by atoms with E-state index in [2.05, 4.69) is 46.8 Å². The van der Waals surface area contributed by atoms with Crippen molar-refractivity contribution in [2.24, 2.45) is 0 Å². The summed E-state index contributed by atoms with van der Waals surface area (Å²) >= 11 is 7.70. The lowest BCUT2D eigenvalue weighted by Crippen LogP contribution is -2.30. The van der Waals surface area contributed by atoms with Gasteiger partial charge in [-0.1, -0.05) is 59.6 Å². The van der Waals surface area contributed by atoms with E-state index in [0.29, 0.717) is 10.2 Å². The van der Waals surface area contributed by atoms with Crippen molar-refractivity contribution in [3.63, 3.8) is 0 Å². The average molecular weight is 400 g/mol. The Morgan fingerprint density at radius 2 is 2.04 bits per heavy atom. The maximum absolute atomic E-state index is 12.2. The van der Waals surface area contributed by atoms with E-state index in [9.17, 15) is 4.79 Å². The van der Waals surface area contributed by atoms with Gasteiger partial charge in [-0.15, -0.1) is 11.3 Å². The molecule has 140 valence electrons. The van der Waals surface area contributed by atoms with Crippen LogP contribution in [0.2, 0.25) is 5.02 Å². The van der Waals surface area contributed by atoms with Crippen LogP contribution in [0.25, 0.3) is 0 Å². The van der Waals surface area contributed by atoms with Crippen LogP contribution in [-0.2, 0) is 11.2 Å². The number of halogens is 1. The summed E-state index contributed by atoms with van der Waals surface area (Å²) in [7, 11) is 0. The zero-order chi connectivity index (χ0) is 19.2. The van der Waals surface area contributed by atoms with E-state index in [1.54, 1.807) is 0 Å². The van der Waals surface area contributed by atoms with Gasteiger partial charge < -0.3 is 10.6 Å². The number of benzene rings is 2. The van der Waals surface area contributed by atoms with E-state index in [-0.39, 0.29) is 18.5 Å². The molecule has 0 radical (unpaired) electrons. The minimum absolute atomic E-state index is 0.0161. The summed E-state index contributed by atoms with van der Waals surface area (Å²) in [5, 5.41) is 7.36. The molecular formula is C21H22ClN3OS. The first-order chi connectivity index (χ1) is 13.0. The van der Waals surface area contributed by atoms with E-state index in [1.807, 2.05) is 37.4 Å². The van der Waals surface area contributed by atoms with Crippen LogP contribution < -0.4 is 10.6 Å². The fourth-order valence-corrected chi connectivity index (χ4v) is 3.98. The van der Waals surface area contributed by atoms with Crippen molar-refractivity contribution in [1.82, 2.24) is 10.3 Å². The third-order valence-corrected chi connectivity index (χ3v) is 5.46. The maximum Gasteiger partial charge on any atom is 0.240 e. The Morgan fingerprint density at radius 3 is 2.81 bits per heavy atom. The van der Waals surface area contributed by atoms with Crippen LogP contribution in [0.15, 0.2) is 54.7 Å². The molecule has 1 atom stereocenters. The van der Waals surface area contributed by atoms with Crippen LogP contribution in [0.1, 0.15) is 34.5 Å². The number of rotatable bonds is 7. The van der Waals surface area contributed by atoms with Crippen molar-refractivity contribution in [1.29, 1.82) is 0 Å². The van der Waals surface area contributed by atoms with Crippen molar-refractivity contribution in [2.75, 3.05) is 11.9 Å². The van der Waals surface area contributed by atoms with Gasteiger partial charge in [-0.25, -0.2) is 4.98 Å². The van der Waals surface area contributed by atoms with E-state index in [4.69, 9.17) is 11.6 Å². The molecule has 0 aliphatic carbocycles. The van der Waals surface area contributed by atoms with Crippen LogP contribution >= 0.6 is 22.9 Å². The highest BCUT2D eigenvalue weighted by molar-refractivity contribution is 7.15. The lowest BCUT2D eigenvalue weighted by molar-refractivity contribution is -0.115. The normalized spacial score (nSPS) is 12.0. The molecule has 0 fully saturated rings. The molecule has 27 heavy (non-hydrogen) atoms. The molecular weight excluding hydrogens is 378 g/mol. The van der Waals surface area contributed by atoms with Gasteiger partial charge in [0.2, 0.25) is 5.91 Å². The first-order valence-electron chi connectivity index (χ1n) is 8.79. The molecule has 6 heteroatoms. The average Bonchev–Trinajstić information content (AvgIpc) is 3.07. The number of amides is 1. The summed E-state index contributed by atoms with van der Waals surface area (Å²) < 4.78 is 0. The Balaban J connectivity index is 1.51. The summed E-state index contributed by atoms with van der Waals surface area (Å²) in [5.41, 5.74) is 3.46. The third kappa shape index (κ3) is 5.63. The second-order valence-corrected chi connectivity index (χ2v) is 7.99. The molecule has 3 aromatic rings. The Labute approximate surface area is 168 Å². The van der Waals surface area contributed by atoms with E-state index >= 15 is 0 Å². The molecule has 3 rings (SSSR count). The number of hydrogen-bond acceptors (Lipinski definition) is 4. The highest BCUT2D eigenvalue weighted by Gasteiger charge is 2.12. The van der Waals surface area contributed by atoms with Crippen molar-refractivity contribution >= 4 is 34.0 Å². The first kappa shape index (κ1) is 19.5. The monoisotopic (exact) mass is 399 g/mol. The molecule has 0 aliphatic rings. The largest absolute Gasteiger partial charge is 0.302 e. The zero-order valence-corrected chi connectivity index (χ0v) is 16.9. The zero-order valence-electron chi connectivity index (χ0n) is 15.3. The number of hydrogen-bond donors (Lipinski definition) is 2. The first-order valence-corrected chi connectivity index (χ1v) is 9.98. The number of nitrogens with one attached hydrogen (secondary N) is 2. The van der Waals surface area contributed by atoms with Gasteiger partial charge in [-0.3, -0.25) is 4.79 Å².